The normalized spacial score (nSPS) is 13.0. The van der Waals surface area contributed by atoms with Gasteiger partial charge in [-0.2, -0.15) is 0 Å². The van der Waals surface area contributed by atoms with E-state index in [9.17, 15) is 9.59 Å². The predicted octanol–water partition coefficient (Wildman–Crippen LogP) is 4.81. The first-order valence-corrected chi connectivity index (χ1v) is 10.1. The minimum Gasteiger partial charge on any atom is -0.494 e. The van der Waals surface area contributed by atoms with Gasteiger partial charge < -0.3 is 15.0 Å². The van der Waals surface area contributed by atoms with E-state index in [2.05, 4.69) is 12.2 Å². The average molecular weight is 380 g/mol. The number of aryl methyl sites for hydroxylation is 1. The van der Waals surface area contributed by atoms with Gasteiger partial charge in [-0.25, -0.2) is 0 Å². The zero-order valence-electron chi connectivity index (χ0n) is 16.7. The molecule has 5 heteroatoms. The fraction of sp³-hybridized carbons (Fsp3) is 0.391. The van der Waals surface area contributed by atoms with Crippen molar-refractivity contribution in [2.75, 3.05) is 23.4 Å². The molecule has 1 aliphatic heterocycles. The summed E-state index contributed by atoms with van der Waals surface area (Å²) in [5.74, 6) is 0.760. The van der Waals surface area contributed by atoms with E-state index in [4.69, 9.17) is 4.74 Å². The first-order valence-electron chi connectivity index (χ1n) is 10.1. The number of nitrogens with zero attached hydrogens (tertiary/aromatic N) is 1. The van der Waals surface area contributed by atoms with E-state index in [1.165, 1.54) is 0 Å². The Balaban J connectivity index is 1.67. The highest BCUT2D eigenvalue weighted by molar-refractivity contribution is 6.04. The summed E-state index contributed by atoms with van der Waals surface area (Å²) < 4.78 is 5.64. The van der Waals surface area contributed by atoms with Gasteiger partial charge in [-0.1, -0.05) is 20.3 Å². The molecule has 0 bridgehead atoms. The van der Waals surface area contributed by atoms with Crippen LogP contribution >= 0.6 is 0 Å². The van der Waals surface area contributed by atoms with E-state index in [-0.39, 0.29) is 11.8 Å². The van der Waals surface area contributed by atoms with Crippen molar-refractivity contribution in [2.24, 2.45) is 0 Å². The lowest BCUT2D eigenvalue weighted by Gasteiger charge is -2.29. The average Bonchev–Trinajstić information content (AvgIpc) is 2.73. The summed E-state index contributed by atoms with van der Waals surface area (Å²) in [4.78, 5) is 26.5. The van der Waals surface area contributed by atoms with Gasteiger partial charge in [0.05, 0.1) is 6.61 Å². The topological polar surface area (TPSA) is 58.6 Å². The molecule has 0 aliphatic carbocycles. The van der Waals surface area contributed by atoms with Crippen LogP contribution in [0.5, 0.6) is 5.75 Å². The fourth-order valence-corrected chi connectivity index (χ4v) is 3.36. The highest BCUT2D eigenvalue weighted by Crippen LogP contribution is 2.30. The van der Waals surface area contributed by atoms with Crippen LogP contribution in [0.2, 0.25) is 0 Å². The van der Waals surface area contributed by atoms with Crippen molar-refractivity contribution in [3.05, 3.63) is 53.6 Å². The van der Waals surface area contributed by atoms with Gasteiger partial charge in [0.15, 0.2) is 0 Å². The van der Waals surface area contributed by atoms with Crippen LogP contribution in [0.1, 0.15) is 55.5 Å². The maximum Gasteiger partial charge on any atom is 0.255 e. The van der Waals surface area contributed by atoms with Gasteiger partial charge in [0.1, 0.15) is 5.75 Å². The lowest BCUT2D eigenvalue weighted by atomic mass is 10.0. The van der Waals surface area contributed by atoms with E-state index in [1.807, 2.05) is 42.2 Å². The third kappa shape index (κ3) is 4.71. The molecule has 0 aromatic heterocycles. The summed E-state index contributed by atoms with van der Waals surface area (Å²) in [6, 6.07) is 13.0. The summed E-state index contributed by atoms with van der Waals surface area (Å²) in [7, 11) is 0. The molecule has 28 heavy (non-hydrogen) atoms. The molecule has 5 nitrogen and oxygen atoms in total. The Morgan fingerprint density at radius 3 is 2.61 bits per heavy atom. The summed E-state index contributed by atoms with van der Waals surface area (Å²) >= 11 is 0. The number of hydrogen-bond donors (Lipinski definition) is 1. The SMILES string of the molecule is CCCCOc1ccc(C(=O)Nc2ccc3c(c2)CCCN3C(=O)CC)cc1. The molecule has 1 aliphatic rings. The van der Waals surface area contributed by atoms with Crippen LogP contribution in [0.4, 0.5) is 11.4 Å². The summed E-state index contributed by atoms with van der Waals surface area (Å²) in [6.07, 6.45) is 4.45. The number of benzene rings is 2. The summed E-state index contributed by atoms with van der Waals surface area (Å²) in [5.41, 5.74) is 3.40. The number of nitrogens with one attached hydrogen (secondary N) is 1. The van der Waals surface area contributed by atoms with E-state index < -0.39 is 0 Å². The third-order valence-electron chi connectivity index (χ3n) is 4.94. The highest BCUT2D eigenvalue weighted by Gasteiger charge is 2.21. The van der Waals surface area contributed by atoms with Gasteiger partial charge in [0.25, 0.3) is 5.91 Å². The molecule has 0 atom stereocenters. The van der Waals surface area contributed by atoms with Crippen molar-refractivity contribution in [2.45, 2.75) is 46.0 Å². The summed E-state index contributed by atoms with van der Waals surface area (Å²) in [6.45, 7) is 5.45. The fourth-order valence-electron chi connectivity index (χ4n) is 3.36. The predicted molar refractivity (Wildman–Crippen MR) is 112 cm³/mol. The third-order valence-corrected chi connectivity index (χ3v) is 4.94. The molecule has 1 N–H and O–H groups in total. The van der Waals surface area contributed by atoms with Crippen LogP contribution in [0.25, 0.3) is 0 Å². The molecule has 0 unspecified atom stereocenters. The molecule has 0 spiro atoms. The Morgan fingerprint density at radius 1 is 1.11 bits per heavy atom. The largest absolute Gasteiger partial charge is 0.494 e. The molecule has 0 saturated heterocycles. The molecular weight excluding hydrogens is 352 g/mol. The molecule has 2 aromatic carbocycles. The molecule has 0 radical (unpaired) electrons. The van der Waals surface area contributed by atoms with E-state index in [0.717, 1.165) is 54.9 Å². The second-order valence-electron chi connectivity index (χ2n) is 7.03. The Hall–Kier alpha value is -2.82. The Morgan fingerprint density at radius 2 is 1.89 bits per heavy atom. The Labute approximate surface area is 166 Å². The first-order chi connectivity index (χ1) is 13.6. The van der Waals surface area contributed by atoms with Gasteiger partial charge in [-0.3, -0.25) is 9.59 Å². The first kappa shape index (κ1) is 19.9. The lowest BCUT2D eigenvalue weighted by Crippen LogP contribution is -2.34. The van der Waals surface area contributed by atoms with Crippen LogP contribution in [0, 0.1) is 0 Å². The van der Waals surface area contributed by atoms with Crippen LogP contribution in [0.3, 0.4) is 0 Å². The van der Waals surface area contributed by atoms with E-state index >= 15 is 0 Å². The number of unbranched alkanes of at least 4 members (excludes halogenated alkanes) is 1. The molecule has 0 fully saturated rings. The number of hydrogen-bond acceptors (Lipinski definition) is 3. The van der Waals surface area contributed by atoms with Gasteiger partial charge >= 0.3 is 0 Å². The van der Waals surface area contributed by atoms with Crippen LogP contribution in [0.15, 0.2) is 42.5 Å². The lowest BCUT2D eigenvalue weighted by molar-refractivity contribution is -0.118. The second-order valence-corrected chi connectivity index (χ2v) is 7.03. The monoisotopic (exact) mass is 380 g/mol. The number of carbonyl (C=O) groups is 2. The molecule has 0 saturated carbocycles. The van der Waals surface area contributed by atoms with Crippen molar-refractivity contribution in [1.29, 1.82) is 0 Å². The van der Waals surface area contributed by atoms with Crippen molar-refractivity contribution >= 4 is 23.2 Å². The minimum atomic E-state index is -0.155. The van der Waals surface area contributed by atoms with Crippen molar-refractivity contribution in [1.82, 2.24) is 0 Å². The highest BCUT2D eigenvalue weighted by atomic mass is 16.5. The summed E-state index contributed by atoms with van der Waals surface area (Å²) in [5, 5.41) is 2.95. The number of fused-ring (bicyclic) bond motifs is 1. The number of carbonyl (C=O) groups excluding carboxylic acids is 2. The Bertz CT molecular complexity index is 830. The van der Waals surface area contributed by atoms with Crippen LogP contribution in [-0.2, 0) is 11.2 Å². The molecule has 3 rings (SSSR count). The van der Waals surface area contributed by atoms with Gasteiger partial charge in [-0.05, 0) is 67.3 Å². The molecule has 148 valence electrons. The van der Waals surface area contributed by atoms with Crippen LogP contribution in [-0.4, -0.2) is 25.0 Å². The minimum absolute atomic E-state index is 0.138. The maximum absolute atomic E-state index is 12.6. The zero-order chi connectivity index (χ0) is 19.9. The number of ether oxygens (including phenoxy) is 1. The van der Waals surface area contributed by atoms with Crippen molar-refractivity contribution in [3.63, 3.8) is 0 Å². The van der Waals surface area contributed by atoms with E-state index in [0.29, 0.717) is 18.6 Å². The second kappa shape index (κ2) is 9.40. The zero-order valence-corrected chi connectivity index (χ0v) is 16.7. The molecule has 1 heterocycles. The van der Waals surface area contributed by atoms with Gasteiger partial charge in [0.2, 0.25) is 5.91 Å². The van der Waals surface area contributed by atoms with Crippen molar-refractivity contribution < 1.29 is 14.3 Å². The maximum atomic E-state index is 12.6. The molecular formula is C23H28N2O3. The molecule has 2 aromatic rings. The number of rotatable bonds is 7. The smallest absolute Gasteiger partial charge is 0.255 e. The Kier molecular flexibility index (Phi) is 6.69. The standard InChI is InChI=1S/C23H28N2O3/c1-3-5-15-28-20-11-8-17(9-12-20)23(27)24-19-10-13-21-18(16-19)7-6-14-25(21)22(26)4-2/h8-13,16H,3-7,14-15H2,1-2H3,(H,24,27). The van der Waals surface area contributed by atoms with Gasteiger partial charge in [0, 0.05) is 29.9 Å². The van der Waals surface area contributed by atoms with E-state index in [1.54, 1.807) is 12.1 Å². The van der Waals surface area contributed by atoms with Crippen LogP contribution < -0.4 is 15.0 Å². The number of anilines is 2. The number of amides is 2. The van der Waals surface area contributed by atoms with Gasteiger partial charge in [-0.15, -0.1) is 0 Å². The molecule has 2 amide bonds. The van der Waals surface area contributed by atoms with Crippen molar-refractivity contribution in [3.8, 4) is 5.75 Å². The quantitative estimate of drug-likeness (QED) is 0.702.